The van der Waals surface area contributed by atoms with Crippen molar-refractivity contribution in [3.63, 3.8) is 0 Å². The molecule has 2 atom stereocenters. The summed E-state index contributed by atoms with van der Waals surface area (Å²) < 4.78 is 0. The third kappa shape index (κ3) is 5.79. The van der Waals surface area contributed by atoms with Gasteiger partial charge in [-0.25, -0.2) is 0 Å². The fourth-order valence-electron chi connectivity index (χ4n) is 2.96. The summed E-state index contributed by atoms with van der Waals surface area (Å²) in [6.07, 6.45) is 3.09. The molecule has 1 aromatic rings. The molecule has 0 spiro atoms. The van der Waals surface area contributed by atoms with Gasteiger partial charge in [-0.2, -0.15) is 0 Å². The van der Waals surface area contributed by atoms with E-state index in [9.17, 15) is 4.79 Å². The Balaban J connectivity index is 0.00000242. The monoisotopic (exact) mass is 344 g/mol. The Morgan fingerprint density at radius 3 is 2.91 bits per heavy atom. The Labute approximate surface area is 144 Å². The van der Waals surface area contributed by atoms with Crippen molar-refractivity contribution in [2.24, 2.45) is 11.8 Å². The van der Waals surface area contributed by atoms with Crippen LogP contribution in [0.4, 0.5) is 0 Å². The summed E-state index contributed by atoms with van der Waals surface area (Å²) in [6, 6.07) is 7.70. The smallest absolute Gasteiger partial charge is 0.222 e. The van der Waals surface area contributed by atoms with Crippen LogP contribution >= 0.6 is 24.0 Å². The van der Waals surface area contributed by atoms with E-state index >= 15 is 0 Å². The van der Waals surface area contributed by atoms with Crippen molar-refractivity contribution in [3.05, 3.63) is 34.9 Å². The quantitative estimate of drug-likeness (QED) is 0.882. The van der Waals surface area contributed by atoms with Crippen molar-refractivity contribution in [2.45, 2.75) is 32.7 Å². The van der Waals surface area contributed by atoms with Crippen LogP contribution in [-0.2, 0) is 11.3 Å². The van der Waals surface area contributed by atoms with Crippen LogP contribution < -0.4 is 5.32 Å². The molecule has 1 aromatic carbocycles. The topological polar surface area (TPSA) is 32.3 Å². The summed E-state index contributed by atoms with van der Waals surface area (Å²) in [5, 5.41) is 4.14. The molecule has 0 aromatic heterocycles. The number of nitrogens with one attached hydrogen (secondary N) is 1. The van der Waals surface area contributed by atoms with Crippen molar-refractivity contribution < 1.29 is 4.79 Å². The van der Waals surface area contributed by atoms with Crippen LogP contribution in [0.1, 0.15) is 31.7 Å². The van der Waals surface area contributed by atoms with Crippen molar-refractivity contribution in [1.82, 2.24) is 10.2 Å². The van der Waals surface area contributed by atoms with E-state index in [0.29, 0.717) is 24.8 Å². The lowest BCUT2D eigenvalue weighted by Crippen LogP contribution is -2.36. The summed E-state index contributed by atoms with van der Waals surface area (Å²) in [5.74, 6) is 1.28. The first-order chi connectivity index (χ1) is 10.1. The van der Waals surface area contributed by atoms with Gasteiger partial charge in [0.1, 0.15) is 0 Å². The molecule has 1 heterocycles. The van der Waals surface area contributed by atoms with Crippen LogP contribution in [0.5, 0.6) is 0 Å². The Bertz CT molecular complexity index is 475. The molecule has 22 heavy (non-hydrogen) atoms. The Morgan fingerprint density at radius 1 is 1.50 bits per heavy atom. The second kappa shape index (κ2) is 9.39. The molecule has 1 N–H and O–H groups in total. The summed E-state index contributed by atoms with van der Waals surface area (Å²) in [7, 11) is 1.87. The largest absolute Gasteiger partial charge is 0.341 e. The molecule has 0 saturated carbocycles. The molecule has 5 heteroatoms. The Kier molecular flexibility index (Phi) is 8.23. The summed E-state index contributed by atoms with van der Waals surface area (Å²) in [5.41, 5.74) is 1.07. The number of piperidine rings is 1. The van der Waals surface area contributed by atoms with Gasteiger partial charge in [-0.3, -0.25) is 4.79 Å². The number of carbonyl (C=O) groups is 1. The standard InChI is InChI=1S/C17H25ClN2O.ClH/c1-13(15-6-4-8-19-11-15)9-17(21)20(2)12-14-5-3-7-16(18)10-14;/h3,5,7,10,13,15,19H,4,6,8-9,11-12H2,1-2H3;1H. The highest BCUT2D eigenvalue weighted by Gasteiger charge is 2.23. The third-order valence-corrected chi connectivity index (χ3v) is 4.61. The molecule has 124 valence electrons. The average molecular weight is 345 g/mol. The van der Waals surface area contributed by atoms with E-state index < -0.39 is 0 Å². The van der Waals surface area contributed by atoms with Crippen molar-refractivity contribution in [1.29, 1.82) is 0 Å². The van der Waals surface area contributed by atoms with E-state index in [1.54, 1.807) is 4.90 Å². The maximum absolute atomic E-state index is 12.4. The van der Waals surface area contributed by atoms with E-state index in [1.807, 2.05) is 31.3 Å². The minimum absolute atomic E-state index is 0. The first-order valence-corrected chi connectivity index (χ1v) is 8.13. The zero-order chi connectivity index (χ0) is 15.2. The number of rotatable bonds is 5. The van der Waals surface area contributed by atoms with Gasteiger partial charge in [0.05, 0.1) is 0 Å². The molecule has 1 aliphatic heterocycles. The van der Waals surface area contributed by atoms with Crippen LogP contribution in [0.25, 0.3) is 0 Å². The number of carbonyl (C=O) groups excluding carboxylic acids is 1. The van der Waals surface area contributed by atoms with Crippen LogP contribution in [-0.4, -0.2) is 30.9 Å². The van der Waals surface area contributed by atoms with Gasteiger partial charge in [0.2, 0.25) is 5.91 Å². The zero-order valence-corrected chi connectivity index (χ0v) is 14.9. The Hall–Kier alpha value is -0.770. The van der Waals surface area contributed by atoms with Crippen molar-refractivity contribution in [3.8, 4) is 0 Å². The number of hydrogen-bond acceptors (Lipinski definition) is 2. The van der Waals surface area contributed by atoms with Crippen LogP contribution in [0.15, 0.2) is 24.3 Å². The molecular weight excluding hydrogens is 319 g/mol. The van der Waals surface area contributed by atoms with Gasteiger partial charge in [-0.15, -0.1) is 12.4 Å². The molecule has 2 rings (SSSR count). The number of amides is 1. The van der Waals surface area contributed by atoms with Crippen molar-refractivity contribution in [2.75, 3.05) is 20.1 Å². The van der Waals surface area contributed by atoms with Crippen LogP contribution in [0.3, 0.4) is 0 Å². The number of nitrogens with zero attached hydrogens (tertiary/aromatic N) is 1. The molecule has 0 bridgehead atoms. The number of halogens is 2. The minimum Gasteiger partial charge on any atom is -0.341 e. The van der Waals surface area contributed by atoms with Crippen LogP contribution in [0.2, 0.25) is 5.02 Å². The predicted octanol–water partition coefficient (Wildman–Crippen LogP) is 3.75. The first kappa shape index (κ1) is 19.3. The lowest BCUT2D eigenvalue weighted by molar-refractivity contribution is -0.131. The maximum atomic E-state index is 12.4. The van der Waals surface area contributed by atoms with Crippen LogP contribution in [0, 0.1) is 11.8 Å². The normalized spacial score (nSPS) is 19.1. The summed E-state index contributed by atoms with van der Waals surface area (Å²) >= 11 is 5.98. The molecule has 1 aliphatic rings. The van der Waals surface area contributed by atoms with Gasteiger partial charge in [0.25, 0.3) is 0 Å². The van der Waals surface area contributed by atoms with Gasteiger partial charge in [-0.1, -0.05) is 30.7 Å². The fraction of sp³-hybridized carbons (Fsp3) is 0.588. The van der Waals surface area contributed by atoms with E-state index in [2.05, 4.69) is 12.2 Å². The van der Waals surface area contributed by atoms with E-state index in [0.717, 1.165) is 23.7 Å². The van der Waals surface area contributed by atoms with E-state index in [4.69, 9.17) is 11.6 Å². The molecule has 2 unspecified atom stereocenters. The predicted molar refractivity (Wildman–Crippen MR) is 94.5 cm³/mol. The Morgan fingerprint density at radius 2 is 2.27 bits per heavy atom. The average Bonchev–Trinajstić information content (AvgIpc) is 2.48. The highest BCUT2D eigenvalue weighted by molar-refractivity contribution is 6.30. The van der Waals surface area contributed by atoms with E-state index in [1.165, 1.54) is 12.8 Å². The van der Waals surface area contributed by atoms with Gasteiger partial charge >= 0.3 is 0 Å². The SMILES string of the molecule is CC(CC(=O)N(C)Cc1cccc(Cl)c1)C1CCCNC1.Cl. The second-order valence-electron chi connectivity index (χ2n) is 6.17. The molecule has 3 nitrogen and oxygen atoms in total. The maximum Gasteiger partial charge on any atom is 0.222 e. The number of hydrogen-bond donors (Lipinski definition) is 1. The van der Waals surface area contributed by atoms with Crippen molar-refractivity contribution >= 4 is 29.9 Å². The molecular formula is C17H26Cl2N2O. The van der Waals surface area contributed by atoms with Gasteiger partial charge in [0.15, 0.2) is 0 Å². The molecule has 0 aliphatic carbocycles. The first-order valence-electron chi connectivity index (χ1n) is 7.75. The minimum atomic E-state index is 0. The molecule has 1 fully saturated rings. The highest BCUT2D eigenvalue weighted by atomic mass is 35.5. The van der Waals surface area contributed by atoms with Gasteiger partial charge in [-0.05, 0) is 55.5 Å². The lowest BCUT2D eigenvalue weighted by Gasteiger charge is -2.29. The molecule has 0 radical (unpaired) electrons. The third-order valence-electron chi connectivity index (χ3n) is 4.37. The molecule has 1 amide bonds. The molecule has 1 saturated heterocycles. The van der Waals surface area contributed by atoms with Gasteiger partial charge < -0.3 is 10.2 Å². The zero-order valence-electron chi connectivity index (χ0n) is 13.3. The second-order valence-corrected chi connectivity index (χ2v) is 6.60. The summed E-state index contributed by atoms with van der Waals surface area (Å²) in [6.45, 7) is 4.98. The summed E-state index contributed by atoms with van der Waals surface area (Å²) in [4.78, 5) is 14.2. The van der Waals surface area contributed by atoms with Gasteiger partial charge in [0, 0.05) is 25.0 Å². The highest BCUT2D eigenvalue weighted by Crippen LogP contribution is 2.23. The fourth-order valence-corrected chi connectivity index (χ4v) is 3.17. The van der Waals surface area contributed by atoms with E-state index in [-0.39, 0.29) is 18.3 Å². The lowest BCUT2D eigenvalue weighted by atomic mass is 9.85. The number of benzene rings is 1.